The molecule has 1 aliphatic heterocycles. The number of carbonyl (C=O) groups excluding carboxylic acids is 3. The van der Waals surface area contributed by atoms with Crippen molar-refractivity contribution in [3.8, 4) is 33.1 Å². The second-order valence-electron chi connectivity index (χ2n) is 12.4. The van der Waals surface area contributed by atoms with Gasteiger partial charge in [0.05, 0.1) is 19.9 Å². The van der Waals surface area contributed by atoms with E-state index in [9.17, 15) is 14.4 Å². The molecule has 6 rings (SSSR count). The number of ether oxygens (including phenoxy) is 3. The zero-order chi connectivity index (χ0) is 34.7. The molecule has 11 heteroatoms. The highest BCUT2D eigenvalue weighted by Crippen LogP contribution is 2.45. The number of fused-ring (bicyclic) bond motifs is 1. The van der Waals surface area contributed by atoms with Gasteiger partial charge in [-0.1, -0.05) is 36.4 Å². The first kappa shape index (κ1) is 33.2. The molecular formula is C38H36N4O6S. The molecule has 0 atom stereocenters. The molecule has 5 aromatic rings. The van der Waals surface area contributed by atoms with E-state index in [1.54, 1.807) is 106 Å². The van der Waals surface area contributed by atoms with Gasteiger partial charge in [-0.3, -0.25) is 20.0 Å². The van der Waals surface area contributed by atoms with Gasteiger partial charge in [0.1, 0.15) is 5.60 Å². The van der Waals surface area contributed by atoms with Crippen LogP contribution >= 0.6 is 11.3 Å². The molecule has 10 nitrogen and oxygen atoms in total. The number of amides is 3. The third-order valence-electron chi connectivity index (χ3n) is 7.90. The third kappa shape index (κ3) is 7.12. The van der Waals surface area contributed by atoms with Crippen LogP contribution in [0.25, 0.3) is 21.6 Å². The molecule has 0 spiro atoms. The number of benzene rings is 3. The van der Waals surface area contributed by atoms with Crippen molar-refractivity contribution < 1.29 is 28.6 Å². The second-order valence-corrected chi connectivity index (χ2v) is 13.3. The maximum Gasteiger partial charge on any atom is 0.434 e. The van der Waals surface area contributed by atoms with Crippen molar-refractivity contribution in [2.24, 2.45) is 0 Å². The van der Waals surface area contributed by atoms with Gasteiger partial charge in [-0.2, -0.15) is 5.01 Å². The fourth-order valence-electron chi connectivity index (χ4n) is 5.65. The lowest BCUT2D eigenvalue weighted by molar-refractivity contribution is 0.0548. The molecule has 3 amide bonds. The first-order valence-corrected chi connectivity index (χ1v) is 16.5. The lowest BCUT2D eigenvalue weighted by Crippen LogP contribution is -2.48. The molecule has 3 heterocycles. The number of hydrogen-bond acceptors (Lipinski definition) is 8. The summed E-state index contributed by atoms with van der Waals surface area (Å²) >= 11 is 1.61. The number of anilines is 1. The highest BCUT2D eigenvalue weighted by atomic mass is 32.1. The van der Waals surface area contributed by atoms with Crippen LogP contribution in [0.3, 0.4) is 0 Å². The van der Waals surface area contributed by atoms with E-state index in [2.05, 4.69) is 10.4 Å². The number of nitrogens with zero attached hydrogens (tertiary/aromatic N) is 3. The molecule has 0 fully saturated rings. The van der Waals surface area contributed by atoms with Gasteiger partial charge < -0.3 is 19.1 Å². The van der Waals surface area contributed by atoms with E-state index in [0.29, 0.717) is 41.4 Å². The molecule has 0 saturated carbocycles. The average molecular weight is 677 g/mol. The number of aromatic nitrogens is 1. The molecule has 0 radical (unpaired) electrons. The molecule has 0 aliphatic carbocycles. The van der Waals surface area contributed by atoms with Gasteiger partial charge >= 0.3 is 6.09 Å². The molecule has 250 valence electrons. The quantitative estimate of drug-likeness (QED) is 0.168. The first-order chi connectivity index (χ1) is 23.6. The van der Waals surface area contributed by atoms with Crippen LogP contribution < -0.4 is 19.9 Å². The Labute approximate surface area is 288 Å². The number of nitrogens with one attached hydrogen (secondary N) is 1. The Kier molecular flexibility index (Phi) is 9.37. The summed E-state index contributed by atoms with van der Waals surface area (Å²) in [6.45, 7) is 5.96. The number of thiophene rings is 1. The minimum absolute atomic E-state index is 0.138. The maximum absolute atomic E-state index is 13.6. The Morgan fingerprint density at radius 1 is 0.959 bits per heavy atom. The number of methoxy groups -OCH3 is 2. The lowest BCUT2D eigenvalue weighted by Gasteiger charge is -2.27. The summed E-state index contributed by atoms with van der Waals surface area (Å²) in [4.78, 5) is 47.4. The number of hydrazine groups is 1. The van der Waals surface area contributed by atoms with Crippen LogP contribution in [0, 0.1) is 0 Å². The van der Waals surface area contributed by atoms with E-state index in [0.717, 1.165) is 37.7 Å². The fraction of sp³-hybridized carbons (Fsp3) is 0.211. The van der Waals surface area contributed by atoms with E-state index in [1.165, 1.54) is 0 Å². The van der Waals surface area contributed by atoms with Crippen LogP contribution in [0.5, 0.6) is 11.5 Å². The minimum Gasteiger partial charge on any atom is -0.493 e. The van der Waals surface area contributed by atoms with Gasteiger partial charge in [0.15, 0.2) is 11.5 Å². The van der Waals surface area contributed by atoms with Crippen LogP contribution in [0.2, 0.25) is 0 Å². The number of pyridine rings is 1. The van der Waals surface area contributed by atoms with Crippen molar-refractivity contribution in [1.82, 2.24) is 15.3 Å². The summed E-state index contributed by atoms with van der Waals surface area (Å²) in [7, 11) is 3.12. The van der Waals surface area contributed by atoms with E-state index in [-0.39, 0.29) is 5.91 Å². The third-order valence-corrected chi connectivity index (χ3v) is 8.82. The standard InChI is InChI=1S/C38H36N4O6S/c1-38(2,3)48-37(45)42(28-16-14-25(15-17-28)32-9-7-19-49-32)40-35(43)26-12-10-24(11-13-26)22-41-23-30-29(36(41)44)20-31(46-4)34(47-5)33(30)27-8-6-18-39-21-27/h6-21H,22-23H2,1-5H3,(H,40,43). The van der Waals surface area contributed by atoms with Crippen LogP contribution in [-0.2, 0) is 17.8 Å². The Balaban J connectivity index is 1.20. The fourth-order valence-corrected chi connectivity index (χ4v) is 6.39. The SMILES string of the molecule is COc1cc2c(c(-c3cccnc3)c1OC)CN(Cc1ccc(C(=O)NN(C(=O)OC(C)(C)C)c3ccc(-c4cccs4)cc3)cc1)C2=O. The maximum atomic E-state index is 13.6. The van der Waals surface area contributed by atoms with Gasteiger partial charge in [-0.25, -0.2) is 4.79 Å². The van der Waals surface area contributed by atoms with E-state index in [1.807, 2.05) is 41.8 Å². The van der Waals surface area contributed by atoms with Gasteiger partial charge in [0.2, 0.25) is 0 Å². The van der Waals surface area contributed by atoms with Crippen molar-refractivity contribution in [2.45, 2.75) is 39.5 Å². The molecule has 0 unspecified atom stereocenters. The minimum atomic E-state index is -0.777. The molecule has 0 bridgehead atoms. The van der Waals surface area contributed by atoms with Gasteiger partial charge in [0.25, 0.3) is 11.8 Å². The predicted molar refractivity (Wildman–Crippen MR) is 189 cm³/mol. The van der Waals surface area contributed by atoms with Crippen molar-refractivity contribution in [2.75, 3.05) is 19.2 Å². The van der Waals surface area contributed by atoms with Gasteiger partial charge in [-0.15, -0.1) is 11.3 Å². The second kappa shape index (κ2) is 13.8. The normalized spacial score (nSPS) is 12.3. The van der Waals surface area contributed by atoms with E-state index >= 15 is 0 Å². The Hall–Kier alpha value is -5.68. The zero-order valence-electron chi connectivity index (χ0n) is 27.9. The first-order valence-electron chi connectivity index (χ1n) is 15.6. The largest absolute Gasteiger partial charge is 0.493 e. The number of hydrogen-bond donors (Lipinski definition) is 1. The van der Waals surface area contributed by atoms with E-state index < -0.39 is 17.6 Å². The zero-order valence-corrected chi connectivity index (χ0v) is 28.7. The van der Waals surface area contributed by atoms with Crippen molar-refractivity contribution in [3.05, 3.63) is 119 Å². The van der Waals surface area contributed by atoms with Crippen LogP contribution in [0.15, 0.2) is 96.6 Å². The van der Waals surface area contributed by atoms with E-state index in [4.69, 9.17) is 14.2 Å². The van der Waals surface area contributed by atoms with Gasteiger partial charge in [0, 0.05) is 52.6 Å². The molecule has 1 aliphatic rings. The molecule has 2 aromatic heterocycles. The van der Waals surface area contributed by atoms with Crippen molar-refractivity contribution >= 4 is 34.9 Å². The highest BCUT2D eigenvalue weighted by Gasteiger charge is 2.34. The molecular weight excluding hydrogens is 641 g/mol. The molecule has 0 saturated heterocycles. The Morgan fingerprint density at radius 3 is 2.33 bits per heavy atom. The Bertz CT molecular complexity index is 1970. The number of carbonyl (C=O) groups is 3. The summed E-state index contributed by atoms with van der Waals surface area (Å²) in [5.74, 6) is 0.369. The summed E-state index contributed by atoms with van der Waals surface area (Å²) < 4.78 is 16.9. The molecule has 49 heavy (non-hydrogen) atoms. The monoisotopic (exact) mass is 676 g/mol. The predicted octanol–water partition coefficient (Wildman–Crippen LogP) is 7.74. The van der Waals surface area contributed by atoms with Crippen LogP contribution in [0.1, 0.15) is 52.6 Å². The Morgan fingerprint density at radius 2 is 1.71 bits per heavy atom. The van der Waals surface area contributed by atoms with Crippen molar-refractivity contribution in [1.29, 1.82) is 0 Å². The lowest BCUT2D eigenvalue weighted by atomic mass is 9.96. The molecule has 1 N–H and O–H groups in total. The summed E-state index contributed by atoms with van der Waals surface area (Å²) in [6.07, 6.45) is 2.71. The summed E-state index contributed by atoms with van der Waals surface area (Å²) in [6, 6.07) is 23.7. The topological polar surface area (TPSA) is 110 Å². The average Bonchev–Trinajstić information content (AvgIpc) is 3.74. The smallest absolute Gasteiger partial charge is 0.434 e. The summed E-state index contributed by atoms with van der Waals surface area (Å²) in [5.41, 5.74) is 7.49. The number of rotatable bonds is 8. The van der Waals surface area contributed by atoms with Crippen LogP contribution in [0.4, 0.5) is 10.5 Å². The molecule has 3 aromatic carbocycles. The highest BCUT2D eigenvalue weighted by molar-refractivity contribution is 7.13. The van der Waals surface area contributed by atoms with Crippen LogP contribution in [-0.4, -0.2) is 47.6 Å². The van der Waals surface area contributed by atoms with Gasteiger partial charge in [-0.05, 0) is 85.3 Å². The van der Waals surface area contributed by atoms with Crippen molar-refractivity contribution in [3.63, 3.8) is 0 Å². The summed E-state index contributed by atoms with van der Waals surface area (Å²) in [5, 5.41) is 3.11.